The van der Waals surface area contributed by atoms with Crippen LogP contribution >= 0.6 is 0 Å². The quantitative estimate of drug-likeness (QED) is 0.214. The largest absolute Gasteiger partial charge is 0.367 e. The maximum atomic E-state index is 12.1. The lowest BCUT2D eigenvalue weighted by atomic mass is 10.0. The molecule has 0 radical (unpaired) electrons. The fourth-order valence-electron chi connectivity index (χ4n) is 3.48. The van der Waals surface area contributed by atoms with Gasteiger partial charge in [-0.3, -0.25) is 4.79 Å². The number of carbonyl (C=O) groups is 1. The van der Waals surface area contributed by atoms with E-state index >= 15 is 0 Å². The predicted octanol–water partition coefficient (Wildman–Crippen LogP) is 4.35. The van der Waals surface area contributed by atoms with E-state index in [-0.39, 0.29) is 12.5 Å². The molecule has 0 aliphatic heterocycles. The molecule has 5 nitrogen and oxygen atoms in total. The van der Waals surface area contributed by atoms with Gasteiger partial charge in [-0.25, -0.2) is 0 Å². The second-order valence-electron chi connectivity index (χ2n) is 7.81. The maximum absolute atomic E-state index is 12.1. The van der Waals surface area contributed by atoms with Crippen LogP contribution in [-0.2, 0) is 4.79 Å². The predicted molar refractivity (Wildman–Crippen MR) is 113 cm³/mol. The van der Waals surface area contributed by atoms with E-state index in [1.165, 1.54) is 88.4 Å². The van der Waals surface area contributed by atoms with Crippen molar-refractivity contribution in [2.45, 2.75) is 116 Å². The number of aliphatic hydroxyl groups is 2. The van der Waals surface area contributed by atoms with Crippen LogP contribution in [0.25, 0.3) is 0 Å². The second kappa shape index (κ2) is 20.1. The monoisotopic (exact) mass is 386 g/mol. The summed E-state index contributed by atoms with van der Waals surface area (Å²) in [5, 5.41) is 18.0. The molecule has 0 aromatic rings. The average molecular weight is 387 g/mol. The SMILES string of the molecule is CCCCCCCCCCCCCCCCCC(=O)N(CCN)CC(O)O. The zero-order chi connectivity index (χ0) is 20.2. The molecule has 0 spiro atoms. The van der Waals surface area contributed by atoms with Crippen molar-refractivity contribution < 1.29 is 15.0 Å². The highest BCUT2D eigenvalue weighted by molar-refractivity contribution is 5.76. The summed E-state index contributed by atoms with van der Waals surface area (Å²) in [4.78, 5) is 13.5. The molecule has 0 saturated heterocycles. The minimum absolute atomic E-state index is 0.0248. The summed E-state index contributed by atoms with van der Waals surface area (Å²) in [5.74, 6) is -0.0248. The van der Waals surface area contributed by atoms with Crippen LogP contribution < -0.4 is 5.73 Å². The highest BCUT2D eigenvalue weighted by Gasteiger charge is 2.14. The number of hydrogen-bond acceptors (Lipinski definition) is 4. The van der Waals surface area contributed by atoms with Gasteiger partial charge in [0.05, 0.1) is 6.54 Å². The number of nitrogens with two attached hydrogens (primary N) is 1. The summed E-state index contributed by atoms with van der Waals surface area (Å²) in [6.07, 6.45) is 18.6. The second-order valence-corrected chi connectivity index (χ2v) is 7.81. The van der Waals surface area contributed by atoms with Crippen molar-refractivity contribution in [3.8, 4) is 0 Å². The maximum Gasteiger partial charge on any atom is 0.222 e. The Kier molecular flexibility index (Phi) is 19.6. The molecule has 0 saturated carbocycles. The third-order valence-corrected chi connectivity index (χ3v) is 5.13. The van der Waals surface area contributed by atoms with Crippen LogP contribution in [-0.4, -0.2) is 46.9 Å². The lowest BCUT2D eigenvalue weighted by Gasteiger charge is -2.22. The zero-order valence-corrected chi connectivity index (χ0v) is 17.8. The van der Waals surface area contributed by atoms with Crippen molar-refractivity contribution in [1.29, 1.82) is 0 Å². The highest BCUT2D eigenvalue weighted by atomic mass is 16.5. The smallest absolute Gasteiger partial charge is 0.222 e. The molecule has 1 amide bonds. The molecule has 0 aliphatic rings. The number of unbranched alkanes of at least 4 members (excludes halogenated alkanes) is 14. The molecule has 0 bridgehead atoms. The Balaban J connectivity index is 3.38. The van der Waals surface area contributed by atoms with Gasteiger partial charge >= 0.3 is 0 Å². The van der Waals surface area contributed by atoms with Gasteiger partial charge in [0.2, 0.25) is 5.91 Å². The van der Waals surface area contributed by atoms with Crippen molar-refractivity contribution >= 4 is 5.91 Å². The minimum Gasteiger partial charge on any atom is -0.367 e. The van der Waals surface area contributed by atoms with Crippen molar-refractivity contribution in [2.75, 3.05) is 19.6 Å². The van der Waals surface area contributed by atoms with Gasteiger partial charge in [-0.05, 0) is 6.42 Å². The first kappa shape index (κ1) is 26.4. The Morgan fingerprint density at radius 2 is 1.19 bits per heavy atom. The number of carbonyl (C=O) groups excluding carboxylic acids is 1. The first-order chi connectivity index (χ1) is 13.1. The molecule has 0 atom stereocenters. The molecule has 0 aliphatic carbocycles. The van der Waals surface area contributed by atoms with E-state index in [2.05, 4.69) is 6.92 Å². The van der Waals surface area contributed by atoms with Crippen LogP contribution in [0.4, 0.5) is 0 Å². The van der Waals surface area contributed by atoms with Gasteiger partial charge in [-0.15, -0.1) is 0 Å². The highest BCUT2D eigenvalue weighted by Crippen LogP contribution is 2.14. The lowest BCUT2D eigenvalue weighted by Crippen LogP contribution is -2.40. The normalized spacial score (nSPS) is 11.3. The topological polar surface area (TPSA) is 86.8 Å². The van der Waals surface area contributed by atoms with E-state index in [1.54, 1.807) is 0 Å². The molecule has 0 aromatic heterocycles. The summed E-state index contributed by atoms with van der Waals surface area (Å²) in [6, 6.07) is 0. The van der Waals surface area contributed by atoms with Gasteiger partial charge in [0.25, 0.3) is 0 Å². The van der Waals surface area contributed by atoms with Crippen LogP contribution in [0.1, 0.15) is 110 Å². The van der Waals surface area contributed by atoms with E-state index in [0.717, 1.165) is 12.8 Å². The lowest BCUT2D eigenvalue weighted by molar-refractivity contribution is -0.137. The van der Waals surface area contributed by atoms with Crippen molar-refractivity contribution in [1.82, 2.24) is 4.90 Å². The summed E-state index contributed by atoms with van der Waals surface area (Å²) in [7, 11) is 0. The van der Waals surface area contributed by atoms with Crippen LogP contribution in [0.15, 0.2) is 0 Å². The Bertz CT molecular complexity index is 325. The standard InChI is InChI=1S/C22H46N2O3/c1-2-3-4-5-6-7-8-9-10-11-12-13-14-15-16-17-21(25)24(19-18-23)20-22(26)27/h22,26-27H,2-20,23H2,1H3. The van der Waals surface area contributed by atoms with Crippen LogP contribution in [0.2, 0.25) is 0 Å². The van der Waals surface area contributed by atoms with Crippen LogP contribution in [0.3, 0.4) is 0 Å². The Morgan fingerprint density at radius 3 is 1.56 bits per heavy atom. The zero-order valence-electron chi connectivity index (χ0n) is 17.8. The van der Waals surface area contributed by atoms with Crippen molar-refractivity contribution in [2.24, 2.45) is 5.73 Å². The van der Waals surface area contributed by atoms with Crippen LogP contribution in [0.5, 0.6) is 0 Å². The Labute approximate surface area is 167 Å². The van der Waals surface area contributed by atoms with Crippen LogP contribution in [0, 0.1) is 0 Å². The van der Waals surface area contributed by atoms with Gasteiger partial charge in [0.15, 0.2) is 6.29 Å². The Morgan fingerprint density at radius 1 is 0.778 bits per heavy atom. The fraction of sp³-hybridized carbons (Fsp3) is 0.955. The molecule has 4 N–H and O–H groups in total. The summed E-state index contributed by atoms with van der Waals surface area (Å²) in [5.41, 5.74) is 5.47. The molecule has 27 heavy (non-hydrogen) atoms. The molecule has 0 unspecified atom stereocenters. The van der Waals surface area contributed by atoms with E-state index in [0.29, 0.717) is 19.5 Å². The van der Waals surface area contributed by atoms with Crippen molar-refractivity contribution in [3.05, 3.63) is 0 Å². The van der Waals surface area contributed by atoms with Gasteiger partial charge in [-0.1, -0.05) is 96.8 Å². The molecule has 0 fully saturated rings. The van der Waals surface area contributed by atoms with Gasteiger partial charge in [0.1, 0.15) is 0 Å². The summed E-state index contributed by atoms with van der Waals surface area (Å²) in [6.45, 7) is 2.95. The third kappa shape index (κ3) is 18.5. The van der Waals surface area contributed by atoms with E-state index < -0.39 is 6.29 Å². The number of hydrogen-bond donors (Lipinski definition) is 3. The van der Waals surface area contributed by atoms with Crippen molar-refractivity contribution in [3.63, 3.8) is 0 Å². The molecule has 0 heterocycles. The number of rotatable bonds is 20. The average Bonchev–Trinajstić information content (AvgIpc) is 2.64. The number of amides is 1. The van der Waals surface area contributed by atoms with E-state index in [1.807, 2.05) is 0 Å². The van der Waals surface area contributed by atoms with Gasteiger partial charge in [-0.2, -0.15) is 0 Å². The minimum atomic E-state index is -1.48. The summed E-state index contributed by atoms with van der Waals surface area (Å²) >= 11 is 0. The molecule has 0 rings (SSSR count). The van der Waals surface area contributed by atoms with E-state index in [9.17, 15) is 4.79 Å². The van der Waals surface area contributed by atoms with E-state index in [4.69, 9.17) is 15.9 Å². The molecule has 0 aromatic carbocycles. The molecular formula is C22H46N2O3. The fourth-order valence-corrected chi connectivity index (χ4v) is 3.48. The first-order valence-corrected chi connectivity index (χ1v) is 11.5. The number of nitrogens with zero attached hydrogens (tertiary/aromatic N) is 1. The van der Waals surface area contributed by atoms with Gasteiger partial charge in [0, 0.05) is 19.5 Å². The number of aliphatic hydroxyl groups excluding tert-OH is 1. The van der Waals surface area contributed by atoms with Gasteiger partial charge < -0.3 is 20.8 Å². The first-order valence-electron chi connectivity index (χ1n) is 11.5. The summed E-state index contributed by atoms with van der Waals surface area (Å²) < 4.78 is 0. The molecule has 162 valence electrons. The third-order valence-electron chi connectivity index (χ3n) is 5.13. The molecular weight excluding hydrogens is 340 g/mol. The Hall–Kier alpha value is -0.650. The molecule has 5 heteroatoms.